The number of aryl methyl sites for hydroxylation is 2. The number of aromatic nitrogens is 2. The minimum absolute atomic E-state index is 0.283. The Morgan fingerprint density at radius 1 is 1.21 bits per heavy atom. The number of hydrogen-bond acceptors (Lipinski definition) is 6. The van der Waals surface area contributed by atoms with Crippen molar-refractivity contribution in [3.05, 3.63) is 57.5 Å². The molecule has 0 spiro atoms. The lowest BCUT2D eigenvalue weighted by Crippen LogP contribution is -2.35. The van der Waals surface area contributed by atoms with Crippen LogP contribution in [-0.2, 0) is 20.9 Å². The average molecular weight is 399 g/mol. The van der Waals surface area contributed by atoms with E-state index in [0.29, 0.717) is 16.8 Å². The molecule has 0 aliphatic heterocycles. The standard InChI is InChI=1S/C20H21N3O4S/c1-4-23(15-8-6-5-7-9-15)16(24)11-27-17(25)10-22-12-21-19-18(20(22)26)13(2)14(3)28-19/h5-9,12H,4,10-11H2,1-3H3. The third-order valence-electron chi connectivity index (χ3n) is 4.50. The molecule has 0 aliphatic carbocycles. The van der Waals surface area contributed by atoms with Crippen LogP contribution in [0.1, 0.15) is 17.4 Å². The van der Waals surface area contributed by atoms with Crippen LogP contribution in [0, 0.1) is 13.8 Å². The van der Waals surface area contributed by atoms with Gasteiger partial charge in [-0.2, -0.15) is 0 Å². The van der Waals surface area contributed by atoms with E-state index in [1.54, 1.807) is 0 Å². The fourth-order valence-electron chi connectivity index (χ4n) is 2.90. The predicted molar refractivity (Wildman–Crippen MR) is 109 cm³/mol. The summed E-state index contributed by atoms with van der Waals surface area (Å²) in [4.78, 5) is 44.6. The zero-order valence-electron chi connectivity index (χ0n) is 16.0. The van der Waals surface area contributed by atoms with Gasteiger partial charge < -0.3 is 9.64 Å². The van der Waals surface area contributed by atoms with E-state index in [2.05, 4.69) is 4.98 Å². The number of likely N-dealkylation sites (N-methyl/N-ethyl adjacent to an activating group) is 1. The first-order chi connectivity index (χ1) is 13.4. The van der Waals surface area contributed by atoms with Gasteiger partial charge >= 0.3 is 5.97 Å². The van der Waals surface area contributed by atoms with Gasteiger partial charge in [0.2, 0.25) is 0 Å². The maximum absolute atomic E-state index is 12.6. The van der Waals surface area contributed by atoms with Crippen LogP contribution < -0.4 is 10.5 Å². The third-order valence-corrected chi connectivity index (χ3v) is 5.61. The van der Waals surface area contributed by atoms with Crippen molar-refractivity contribution in [2.45, 2.75) is 27.3 Å². The number of para-hydroxylation sites is 1. The van der Waals surface area contributed by atoms with E-state index >= 15 is 0 Å². The van der Waals surface area contributed by atoms with Crippen molar-refractivity contribution in [2.24, 2.45) is 0 Å². The molecule has 0 saturated carbocycles. The molecule has 3 rings (SSSR count). The van der Waals surface area contributed by atoms with Gasteiger partial charge in [0.05, 0.1) is 11.7 Å². The van der Waals surface area contributed by atoms with Gasteiger partial charge in [-0.05, 0) is 38.5 Å². The largest absolute Gasteiger partial charge is 0.454 e. The summed E-state index contributed by atoms with van der Waals surface area (Å²) in [5, 5.41) is 0.523. The summed E-state index contributed by atoms with van der Waals surface area (Å²) in [6.45, 7) is 5.41. The molecular weight excluding hydrogens is 378 g/mol. The van der Waals surface area contributed by atoms with Crippen LogP contribution >= 0.6 is 11.3 Å². The second kappa shape index (κ2) is 8.35. The zero-order chi connectivity index (χ0) is 20.3. The van der Waals surface area contributed by atoms with E-state index in [1.807, 2.05) is 51.1 Å². The van der Waals surface area contributed by atoms with Crippen molar-refractivity contribution < 1.29 is 14.3 Å². The second-order valence-corrected chi connectivity index (χ2v) is 7.48. The van der Waals surface area contributed by atoms with Gasteiger partial charge in [0.15, 0.2) is 6.61 Å². The van der Waals surface area contributed by atoms with Crippen molar-refractivity contribution in [1.82, 2.24) is 9.55 Å². The first-order valence-electron chi connectivity index (χ1n) is 8.88. The lowest BCUT2D eigenvalue weighted by Gasteiger charge is -2.20. The SMILES string of the molecule is CCN(C(=O)COC(=O)Cn1cnc2sc(C)c(C)c2c1=O)c1ccccc1. The second-order valence-electron chi connectivity index (χ2n) is 6.28. The highest BCUT2D eigenvalue weighted by Crippen LogP contribution is 2.25. The fraction of sp³-hybridized carbons (Fsp3) is 0.300. The van der Waals surface area contributed by atoms with Crippen LogP contribution in [0.2, 0.25) is 0 Å². The molecule has 1 aromatic carbocycles. The van der Waals surface area contributed by atoms with E-state index in [-0.39, 0.29) is 24.6 Å². The number of nitrogens with zero attached hydrogens (tertiary/aromatic N) is 3. The summed E-state index contributed by atoms with van der Waals surface area (Å²) in [5.74, 6) is -0.988. The molecule has 0 unspecified atom stereocenters. The van der Waals surface area contributed by atoms with Gasteiger partial charge in [-0.3, -0.25) is 19.0 Å². The minimum atomic E-state index is -0.662. The number of benzene rings is 1. The summed E-state index contributed by atoms with van der Waals surface area (Å²) >= 11 is 1.45. The van der Waals surface area contributed by atoms with E-state index < -0.39 is 5.97 Å². The van der Waals surface area contributed by atoms with E-state index in [0.717, 1.165) is 16.1 Å². The molecule has 28 heavy (non-hydrogen) atoms. The molecule has 146 valence electrons. The number of anilines is 1. The molecule has 0 atom stereocenters. The van der Waals surface area contributed by atoms with Crippen molar-refractivity contribution in [3.8, 4) is 0 Å². The quantitative estimate of drug-likeness (QED) is 0.595. The van der Waals surface area contributed by atoms with Crippen LogP contribution in [0.3, 0.4) is 0 Å². The number of fused-ring (bicyclic) bond motifs is 1. The summed E-state index contributed by atoms with van der Waals surface area (Å²) in [6.07, 6.45) is 1.34. The topological polar surface area (TPSA) is 81.5 Å². The summed E-state index contributed by atoms with van der Waals surface area (Å²) in [5.41, 5.74) is 1.33. The van der Waals surface area contributed by atoms with Gasteiger partial charge in [-0.1, -0.05) is 18.2 Å². The molecule has 0 aliphatic rings. The highest BCUT2D eigenvalue weighted by molar-refractivity contribution is 7.18. The Balaban J connectivity index is 1.67. The predicted octanol–water partition coefficient (Wildman–Crippen LogP) is 2.67. The number of amides is 1. The zero-order valence-corrected chi connectivity index (χ0v) is 16.8. The molecule has 0 saturated heterocycles. The molecule has 0 radical (unpaired) electrons. The van der Waals surface area contributed by atoms with Gasteiger partial charge in [-0.25, -0.2) is 4.98 Å². The Kier molecular flexibility index (Phi) is 5.89. The fourth-order valence-corrected chi connectivity index (χ4v) is 3.89. The Bertz CT molecular complexity index is 1070. The Labute approximate surface area is 166 Å². The van der Waals surface area contributed by atoms with Gasteiger partial charge in [-0.15, -0.1) is 11.3 Å². The van der Waals surface area contributed by atoms with Crippen LogP contribution in [0.15, 0.2) is 41.5 Å². The molecule has 2 heterocycles. The molecule has 0 fully saturated rings. The van der Waals surface area contributed by atoms with E-state index in [1.165, 1.54) is 27.1 Å². The normalized spacial score (nSPS) is 10.8. The highest BCUT2D eigenvalue weighted by Gasteiger charge is 2.17. The van der Waals surface area contributed by atoms with E-state index in [9.17, 15) is 14.4 Å². The van der Waals surface area contributed by atoms with Crippen LogP contribution in [0.4, 0.5) is 5.69 Å². The van der Waals surface area contributed by atoms with E-state index in [4.69, 9.17) is 4.74 Å². The van der Waals surface area contributed by atoms with Crippen molar-refractivity contribution in [1.29, 1.82) is 0 Å². The Morgan fingerprint density at radius 2 is 1.93 bits per heavy atom. The average Bonchev–Trinajstić information content (AvgIpc) is 2.98. The molecule has 7 nitrogen and oxygen atoms in total. The Morgan fingerprint density at radius 3 is 2.61 bits per heavy atom. The number of carbonyl (C=O) groups is 2. The molecule has 2 aromatic heterocycles. The third kappa shape index (κ3) is 3.96. The molecule has 0 N–H and O–H groups in total. The number of ether oxygens (including phenoxy) is 1. The lowest BCUT2D eigenvalue weighted by molar-refractivity contribution is -0.148. The molecule has 8 heteroatoms. The van der Waals surface area contributed by atoms with Crippen molar-refractivity contribution in [2.75, 3.05) is 18.1 Å². The Hall–Kier alpha value is -3.00. The van der Waals surface area contributed by atoms with Gasteiger partial charge in [0.1, 0.15) is 11.4 Å². The molecule has 0 bridgehead atoms. The summed E-state index contributed by atoms with van der Waals surface area (Å²) in [7, 11) is 0. The summed E-state index contributed by atoms with van der Waals surface area (Å²) < 4.78 is 6.31. The number of hydrogen-bond donors (Lipinski definition) is 0. The number of carbonyl (C=O) groups excluding carboxylic acids is 2. The monoisotopic (exact) mass is 399 g/mol. The number of thiophene rings is 1. The maximum Gasteiger partial charge on any atom is 0.326 e. The van der Waals surface area contributed by atoms with Crippen LogP contribution in [0.25, 0.3) is 10.2 Å². The molecule has 1 amide bonds. The van der Waals surface area contributed by atoms with Crippen molar-refractivity contribution >= 4 is 39.1 Å². The first kappa shape index (κ1) is 19.8. The number of rotatable bonds is 6. The summed E-state index contributed by atoms with van der Waals surface area (Å²) in [6, 6.07) is 9.16. The first-order valence-corrected chi connectivity index (χ1v) is 9.70. The van der Waals surface area contributed by atoms with Crippen LogP contribution in [0.5, 0.6) is 0 Å². The lowest BCUT2D eigenvalue weighted by atomic mass is 10.2. The van der Waals surface area contributed by atoms with Crippen molar-refractivity contribution in [3.63, 3.8) is 0 Å². The molecule has 3 aromatic rings. The van der Waals surface area contributed by atoms with Gasteiger partial charge in [0, 0.05) is 17.1 Å². The highest BCUT2D eigenvalue weighted by atomic mass is 32.1. The number of esters is 1. The smallest absolute Gasteiger partial charge is 0.326 e. The minimum Gasteiger partial charge on any atom is -0.454 e. The van der Waals surface area contributed by atoms with Crippen LogP contribution in [-0.4, -0.2) is 34.6 Å². The molecular formula is C20H21N3O4S. The van der Waals surface area contributed by atoms with Gasteiger partial charge in [0.25, 0.3) is 11.5 Å². The maximum atomic E-state index is 12.6.